The van der Waals surface area contributed by atoms with Crippen LogP contribution >= 0.6 is 39.7 Å². The van der Waals surface area contributed by atoms with Crippen molar-refractivity contribution in [2.24, 2.45) is 0 Å². The molecule has 0 unspecified atom stereocenters. The van der Waals surface area contributed by atoms with E-state index in [1.165, 1.54) is 13.0 Å². The summed E-state index contributed by atoms with van der Waals surface area (Å²) in [5.41, 5.74) is -0.821. The number of sulfone groups is 1. The van der Waals surface area contributed by atoms with Crippen LogP contribution < -0.4 is 10.2 Å². The number of phosphoric ester groups is 1. The molecule has 32 heavy (non-hydrogen) atoms. The number of amides is 1. The molecule has 16 heteroatoms. The van der Waals surface area contributed by atoms with Gasteiger partial charge in [0.15, 0.2) is 9.84 Å². The van der Waals surface area contributed by atoms with Gasteiger partial charge in [-0.05, 0) is 12.5 Å². The molecule has 1 aromatic carbocycles. The summed E-state index contributed by atoms with van der Waals surface area (Å²) >= 11 is 6.59. The Morgan fingerprint density at radius 1 is 1.28 bits per heavy atom. The van der Waals surface area contributed by atoms with Crippen molar-refractivity contribution in [3.63, 3.8) is 0 Å². The highest BCUT2D eigenvalue weighted by Crippen LogP contribution is 2.36. The highest BCUT2D eigenvalue weighted by molar-refractivity contribution is 9.09. The van der Waals surface area contributed by atoms with Crippen molar-refractivity contribution >= 4 is 66.8 Å². The van der Waals surface area contributed by atoms with Gasteiger partial charge in [-0.2, -0.15) is 0 Å². The Balaban J connectivity index is 3.38. The van der Waals surface area contributed by atoms with Crippen LogP contribution in [-0.4, -0.2) is 71.7 Å². The minimum atomic E-state index is -4.64. The van der Waals surface area contributed by atoms with Gasteiger partial charge in [0.2, 0.25) is 0 Å². The number of halogens is 2. The van der Waals surface area contributed by atoms with Crippen molar-refractivity contribution < 1.29 is 37.0 Å². The van der Waals surface area contributed by atoms with E-state index in [0.29, 0.717) is 23.7 Å². The number of nitro benzene ring substituents is 1. The molecule has 1 amide bonds. The Hall–Kier alpha value is -1.09. The number of carbonyl (C=O) groups is 1. The Kier molecular flexibility index (Phi) is 11.7. The molecule has 0 bridgehead atoms. The fraction of sp³-hybridized carbons (Fsp3) is 0.562. The second-order valence-corrected chi connectivity index (χ2v) is 11.4. The first-order chi connectivity index (χ1) is 14.9. The SMILES string of the molecule is CCS(=O)(=O)c1cc([N+](=O)[O-])c(C(=O)NCCCOP(=O)(O)O)cc1N(CCBr)CCBr. The van der Waals surface area contributed by atoms with Crippen molar-refractivity contribution in [3.05, 3.63) is 27.8 Å². The van der Waals surface area contributed by atoms with E-state index >= 15 is 0 Å². The summed E-state index contributed by atoms with van der Waals surface area (Å²) in [5, 5.41) is 15.0. The average molecular weight is 625 g/mol. The molecule has 1 rings (SSSR count). The fourth-order valence-corrected chi connectivity index (χ4v) is 4.98. The predicted octanol–water partition coefficient (Wildman–Crippen LogP) is 2.21. The summed E-state index contributed by atoms with van der Waals surface area (Å²) < 4.78 is 40.3. The molecule has 3 N–H and O–H groups in total. The maximum Gasteiger partial charge on any atom is 0.469 e. The molecule has 0 spiro atoms. The molecular formula is C16H24Br2N3O9PS. The highest BCUT2D eigenvalue weighted by atomic mass is 79.9. The molecule has 0 saturated heterocycles. The molecule has 0 heterocycles. The maximum atomic E-state index is 12.7. The number of phosphoric acid groups is 1. The molecule has 0 saturated carbocycles. The number of nitro groups is 1. The zero-order chi connectivity index (χ0) is 24.5. The Morgan fingerprint density at radius 3 is 2.34 bits per heavy atom. The van der Waals surface area contributed by atoms with Crippen molar-refractivity contribution in [3.8, 4) is 0 Å². The predicted molar refractivity (Wildman–Crippen MR) is 126 cm³/mol. The lowest BCUT2D eigenvalue weighted by Gasteiger charge is -2.26. The van der Waals surface area contributed by atoms with E-state index in [2.05, 4.69) is 41.7 Å². The Morgan fingerprint density at radius 2 is 1.88 bits per heavy atom. The number of benzene rings is 1. The Bertz CT molecular complexity index is 966. The lowest BCUT2D eigenvalue weighted by atomic mass is 10.1. The van der Waals surface area contributed by atoms with Crippen LogP contribution in [0.15, 0.2) is 17.0 Å². The highest BCUT2D eigenvalue weighted by Gasteiger charge is 2.29. The van der Waals surface area contributed by atoms with E-state index in [4.69, 9.17) is 9.79 Å². The smallest absolute Gasteiger partial charge is 0.369 e. The van der Waals surface area contributed by atoms with E-state index in [1.54, 1.807) is 4.90 Å². The maximum absolute atomic E-state index is 12.7. The monoisotopic (exact) mass is 623 g/mol. The molecular weight excluding hydrogens is 601 g/mol. The van der Waals surface area contributed by atoms with Crippen LogP contribution in [0.3, 0.4) is 0 Å². The van der Waals surface area contributed by atoms with Crippen LogP contribution in [0.1, 0.15) is 23.7 Å². The number of hydrogen-bond donors (Lipinski definition) is 3. The van der Waals surface area contributed by atoms with Gasteiger partial charge in [-0.1, -0.05) is 38.8 Å². The molecule has 0 fully saturated rings. The first kappa shape index (κ1) is 28.9. The van der Waals surface area contributed by atoms with Gasteiger partial charge in [0.05, 0.1) is 27.9 Å². The summed E-state index contributed by atoms with van der Waals surface area (Å²) in [6.07, 6.45) is 0.0408. The largest absolute Gasteiger partial charge is 0.469 e. The van der Waals surface area contributed by atoms with Gasteiger partial charge in [-0.15, -0.1) is 0 Å². The second kappa shape index (κ2) is 13.0. The molecule has 12 nitrogen and oxygen atoms in total. The number of rotatable bonds is 14. The second-order valence-electron chi connectivity index (χ2n) is 6.30. The first-order valence-electron chi connectivity index (χ1n) is 9.28. The minimum absolute atomic E-state index is 0.0408. The third-order valence-electron chi connectivity index (χ3n) is 4.15. The van der Waals surface area contributed by atoms with E-state index in [1.807, 2.05) is 0 Å². The van der Waals surface area contributed by atoms with E-state index < -0.39 is 34.2 Å². The minimum Gasteiger partial charge on any atom is -0.369 e. The number of carbonyl (C=O) groups excluding carboxylic acids is 1. The molecule has 1 aromatic rings. The van der Waals surface area contributed by atoms with Gasteiger partial charge >= 0.3 is 7.82 Å². The number of anilines is 1. The quantitative estimate of drug-likeness (QED) is 0.0914. The third kappa shape index (κ3) is 8.69. The number of alkyl halides is 2. The van der Waals surface area contributed by atoms with E-state index in [9.17, 15) is 27.9 Å². The van der Waals surface area contributed by atoms with Gasteiger partial charge in [0, 0.05) is 36.4 Å². The van der Waals surface area contributed by atoms with Crippen LogP contribution in [0.25, 0.3) is 0 Å². The standard InChI is InChI=1S/C16H24Br2N3O9PS/c1-2-32(28,29)15-11-13(21(23)24)12(10-14(15)20(7-4-17)8-5-18)16(22)19-6-3-9-30-31(25,26)27/h10-11H,2-9H2,1H3,(H,19,22)(H2,25,26,27). The van der Waals surface area contributed by atoms with Crippen molar-refractivity contribution in [2.75, 3.05) is 47.6 Å². The van der Waals surface area contributed by atoms with Gasteiger partial charge in [0.25, 0.3) is 11.6 Å². The first-order valence-corrected chi connectivity index (χ1v) is 14.7. The van der Waals surface area contributed by atoms with Gasteiger partial charge in [0.1, 0.15) is 5.56 Å². The van der Waals surface area contributed by atoms with Crippen LogP contribution in [-0.2, 0) is 18.9 Å². The molecule has 0 aliphatic heterocycles. The average Bonchev–Trinajstić information content (AvgIpc) is 2.71. The molecule has 0 radical (unpaired) electrons. The summed E-state index contributed by atoms with van der Waals surface area (Å²) in [6.45, 7) is 1.78. The normalized spacial score (nSPS) is 11.9. The lowest BCUT2D eigenvalue weighted by molar-refractivity contribution is -0.385. The summed E-state index contributed by atoms with van der Waals surface area (Å²) in [4.78, 5) is 42.2. The number of hydrogen-bond acceptors (Lipinski definition) is 8. The van der Waals surface area contributed by atoms with Crippen LogP contribution in [0.5, 0.6) is 0 Å². The van der Waals surface area contributed by atoms with E-state index in [-0.39, 0.29) is 41.5 Å². The summed E-state index contributed by atoms with van der Waals surface area (Å²) in [5.74, 6) is -1.11. The van der Waals surface area contributed by atoms with Crippen molar-refractivity contribution in [1.29, 1.82) is 0 Å². The fourth-order valence-electron chi connectivity index (χ4n) is 2.65. The molecule has 0 atom stereocenters. The van der Waals surface area contributed by atoms with Crippen LogP contribution in [0.2, 0.25) is 0 Å². The van der Waals surface area contributed by atoms with E-state index in [0.717, 1.165) is 6.07 Å². The molecule has 182 valence electrons. The van der Waals surface area contributed by atoms with Gasteiger partial charge in [-0.25, -0.2) is 13.0 Å². The molecule has 0 aromatic heterocycles. The Labute approximate surface area is 202 Å². The summed E-state index contributed by atoms with van der Waals surface area (Å²) in [6, 6.07) is 2.09. The topological polar surface area (TPSA) is 176 Å². The van der Waals surface area contributed by atoms with Crippen molar-refractivity contribution in [1.82, 2.24) is 5.32 Å². The van der Waals surface area contributed by atoms with Crippen LogP contribution in [0, 0.1) is 10.1 Å². The number of nitrogens with one attached hydrogen (secondary N) is 1. The van der Waals surface area contributed by atoms with Gasteiger partial charge < -0.3 is 20.0 Å². The third-order valence-corrected chi connectivity index (χ3v) is 7.13. The number of nitrogens with zero attached hydrogens (tertiary/aromatic N) is 2. The molecule has 0 aliphatic carbocycles. The lowest BCUT2D eigenvalue weighted by Crippen LogP contribution is -2.31. The zero-order valence-electron chi connectivity index (χ0n) is 17.1. The van der Waals surface area contributed by atoms with Gasteiger partial charge in [-0.3, -0.25) is 19.4 Å². The van der Waals surface area contributed by atoms with Crippen molar-refractivity contribution in [2.45, 2.75) is 18.2 Å². The van der Waals surface area contributed by atoms with Crippen LogP contribution in [0.4, 0.5) is 11.4 Å². The summed E-state index contributed by atoms with van der Waals surface area (Å²) in [7, 11) is -8.48. The zero-order valence-corrected chi connectivity index (χ0v) is 22.0. The molecule has 0 aliphatic rings.